The van der Waals surface area contributed by atoms with Gasteiger partial charge in [0.05, 0.1) is 6.61 Å². The van der Waals surface area contributed by atoms with Gasteiger partial charge in [0, 0.05) is 13.7 Å². The number of hydrogen-bond donors (Lipinski definition) is 0. The zero-order valence-electron chi connectivity index (χ0n) is 9.51. The minimum atomic E-state index is 0.868. The molecule has 0 N–H and O–H groups in total. The number of unbranched alkanes of at least 4 members (excludes halogenated alkanes) is 2. The Hall–Kier alpha value is -0.0800. The third kappa shape index (κ3) is 8.26. The van der Waals surface area contributed by atoms with Gasteiger partial charge in [-0.15, -0.1) is 0 Å². The van der Waals surface area contributed by atoms with E-state index in [-0.39, 0.29) is 0 Å². The second-order valence-corrected chi connectivity index (χ2v) is 3.54. The number of rotatable bonds is 9. The highest BCUT2D eigenvalue weighted by Crippen LogP contribution is 1.98. The number of methoxy groups -OCH3 is 1. The molecule has 0 atom stereocenters. The van der Waals surface area contributed by atoms with Gasteiger partial charge in [-0.1, -0.05) is 26.7 Å². The summed E-state index contributed by atoms with van der Waals surface area (Å²) in [7, 11) is 1.78. The van der Waals surface area contributed by atoms with E-state index < -0.39 is 0 Å². The van der Waals surface area contributed by atoms with E-state index in [9.17, 15) is 0 Å². The topological polar surface area (TPSA) is 12.5 Å². The van der Waals surface area contributed by atoms with Gasteiger partial charge in [-0.2, -0.15) is 0 Å². The molecule has 0 radical (unpaired) electrons. The normalized spacial score (nSPS) is 11.1. The molecular weight excluding hydrogens is 162 g/mol. The van der Waals surface area contributed by atoms with Gasteiger partial charge in [0.2, 0.25) is 0 Å². The quantitative estimate of drug-likeness (QED) is 0.550. The van der Waals surface area contributed by atoms with Crippen LogP contribution in [0.15, 0.2) is 0 Å². The summed E-state index contributed by atoms with van der Waals surface area (Å²) in [5, 5.41) is 0. The molecule has 0 heterocycles. The summed E-state index contributed by atoms with van der Waals surface area (Å²) >= 11 is 0. The molecule has 13 heavy (non-hydrogen) atoms. The number of ether oxygens (including phenoxy) is 1. The average molecular weight is 187 g/mol. The fourth-order valence-corrected chi connectivity index (χ4v) is 1.32. The van der Waals surface area contributed by atoms with Crippen LogP contribution in [0, 0.1) is 0 Å². The maximum atomic E-state index is 5.09. The third-order valence-electron chi connectivity index (χ3n) is 2.27. The molecule has 0 bridgehead atoms. The van der Waals surface area contributed by atoms with Gasteiger partial charge in [0.15, 0.2) is 0 Å². The van der Waals surface area contributed by atoms with Crippen molar-refractivity contribution in [2.75, 3.05) is 33.4 Å². The van der Waals surface area contributed by atoms with E-state index in [0.29, 0.717) is 0 Å². The van der Waals surface area contributed by atoms with Gasteiger partial charge < -0.3 is 9.64 Å². The average Bonchev–Trinajstić information content (AvgIpc) is 2.17. The van der Waals surface area contributed by atoms with Crippen molar-refractivity contribution in [2.45, 2.75) is 39.5 Å². The number of hydrogen-bond acceptors (Lipinski definition) is 2. The van der Waals surface area contributed by atoms with Gasteiger partial charge in [-0.05, 0) is 25.9 Å². The Bertz CT molecular complexity index is 77.1. The Morgan fingerprint density at radius 3 is 1.85 bits per heavy atom. The van der Waals surface area contributed by atoms with E-state index >= 15 is 0 Å². The van der Waals surface area contributed by atoms with Crippen molar-refractivity contribution in [3.63, 3.8) is 0 Å². The molecule has 0 aromatic rings. The highest BCUT2D eigenvalue weighted by molar-refractivity contribution is 4.56. The van der Waals surface area contributed by atoms with E-state index in [2.05, 4.69) is 18.7 Å². The minimum Gasteiger partial charge on any atom is -0.383 e. The van der Waals surface area contributed by atoms with Crippen molar-refractivity contribution in [3.05, 3.63) is 0 Å². The van der Waals surface area contributed by atoms with Gasteiger partial charge in [-0.3, -0.25) is 0 Å². The first kappa shape index (κ1) is 12.9. The van der Waals surface area contributed by atoms with E-state index in [0.717, 1.165) is 13.2 Å². The van der Waals surface area contributed by atoms with Crippen LogP contribution in [0.25, 0.3) is 0 Å². The first-order valence-electron chi connectivity index (χ1n) is 5.56. The van der Waals surface area contributed by atoms with Crippen LogP contribution in [0.3, 0.4) is 0 Å². The fourth-order valence-electron chi connectivity index (χ4n) is 1.32. The van der Waals surface area contributed by atoms with Crippen molar-refractivity contribution in [3.8, 4) is 0 Å². The maximum absolute atomic E-state index is 5.09. The van der Waals surface area contributed by atoms with Gasteiger partial charge in [-0.25, -0.2) is 0 Å². The van der Waals surface area contributed by atoms with Crippen molar-refractivity contribution in [2.24, 2.45) is 0 Å². The standard InChI is InChI=1S/C11H25NO/c1-4-6-8-12(9-7-5-2)10-11-13-3/h4-11H2,1-3H3. The Kier molecular flexibility index (Phi) is 9.94. The van der Waals surface area contributed by atoms with E-state index in [1.165, 1.54) is 38.8 Å². The smallest absolute Gasteiger partial charge is 0.0589 e. The largest absolute Gasteiger partial charge is 0.383 e. The van der Waals surface area contributed by atoms with E-state index in [4.69, 9.17) is 4.74 Å². The second kappa shape index (κ2) is 10.0. The molecule has 0 fully saturated rings. The molecule has 0 aromatic heterocycles. The molecule has 0 rings (SSSR count). The molecule has 0 saturated heterocycles. The molecule has 0 amide bonds. The molecule has 80 valence electrons. The van der Waals surface area contributed by atoms with Crippen LogP contribution >= 0.6 is 0 Å². The second-order valence-electron chi connectivity index (χ2n) is 3.54. The molecule has 0 spiro atoms. The predicted octanol–water partition coefficient (Wildman–Crippen LogP) is 2.54. The van der Waals surface area contributed by atoms with Gasteiger partial charge >= 0.3 is 0 Å². The molecule has 2 heteroatoms. The lowest BCUT2D eigenvalue weighted by Gasteiger charge is -2.21. The van der Waals surface area contributed by atoms with Crippen LogP contribution < -0.4 is 0 Å². The van der Waals surface area contributed by atoms with E-state index in [1.54, 1.807) is 7.11 Å². The minimum absolute atomic E-state index is 0.868. The first-order valence-corrected chi connectivity index (χ1v) is 5.56. The van der Waals surface area contributed by atoms with E-state index in [1.807, 2.05) is 0 Å². The summed E-state index contributed by atoms with van der Waals surface area (Å²) in [6.45, 7) is 8.92. The molecule has 0 aliphatic rings. The molecule has 0 aliphatic carbocycles. The summed E-state index contributed by atoms with van der Waals surface area (Å²) in [5.74, 6) is 0. The summed E-state index contributed by atoms with van der Waals surface area (Å²) in [4.78, 5) is 2.51. The Morgan fingerprint density at radius 1 is 0.923 bits per heavy atom. The predicted molar refractivity (Wildman–Crippen MR) is 58.1 cm³/mol. The molecule has 0 saturated carbocycles. The SMILES string of the molecule is CCCCN(CCCC)CCOC. The summed E-state index contributed by atoms with van der Waals surface area (Å²) in [6.07, 6.45) is 5.20. The molecular formula is C11H25NO. The highest BCUT2D eigenvalue weighted by atomic mass is 16.5. The zero-order chi connectivity index (χ0) is 9.94. The molecule has 0 unspecified atom stereocenters. The summed E-state index contributed by atoms with van der Waals surface area (Å²) in [5.41, 5.74) is 0. The molecule has 0 aromatic carbocycles. The number of nitrogens with zero attached hydrogens (tertiary/aromatic N) is 1. The van der Waals surface area contributed by atoms with Crippen molar-refractivity contribution in [1.82, 2.24) is 4.90 Å². The fraction of sp³-hybridized carbons (Fsp3) is 1.00. The van der Waals surface area contributed by atoms with Crippen LogP contribution in [0.4, 0.5) is 0 Å². The lowest BCUT2D eigenvalue weighted by Crippen LogP contribution is -2.29. The van der Waals surface area contributed by atoms with Crippen LogP contribution in [0.2, 0.25) is 0 Å². The van der Waals surface area contributed by atoms with Crippen LogP contribution in [0.1, 0.15) is 39.5 Å². The Morgan fingerprint density at radius 2 is 1.46 bits per heavy atom. The van der Waals surface area contributed by atoms with Gasteiger partial charge in [0.25, 0.3) is 0 Å². The lowest BCUT2D eigenvalue weighted by molar-refractivity contribution is 0.145. The monoisotopic (exact) mass is 187 g/mol. The summed E-state index contributed by atoms with van der Waals surface area (Å²) < 4.78 is 5.09. The van der Waals surface area contributed by atoms with Crippen molar-refractivity contribution < 1.29 is 4.74 Å². The Labute approximate surface area is 83.3 Å². The highest BCUT2D eigenvalue weighted by Gasteiger charge is 2.02. The van der Waals surface area contributed by atoms with Crippen LogP contribution in [-0.2, 0) is 4.74 Å². The maximum Gasteiger partial charge on any atom is 0.0589 e. The van der Waals surface area contributed by atoms with Crippen LogP contribution in [0.5, 0.6) is 0 Å². The van der Waals surface area contributed by atoms with Crippen molar-refractivity contribution >= 4 is 0 Å². The molecule has 2 nitrogen and oxygen atoms in total. The lowest BCUT2D eigenvalue weighted by atomic mass is 10.2. The third-order valence-corrected chi connectivity index (χ3v) is 2.27. The molecule has 0 aliphatic heterocycles. The zero-order valence-corrected chi connectivity index (χ0v) is 9.51. The first-order chi connectivity index (χ1) is 6.35. The van der Waals surface area contributed by atoms with Crippen molar-refractivity contribution in [1.29, 1.82) is 0 Å². The van der Waals surface area contributed by atoms with Gasteiger partial charge in [0.1, 0.15) is 0 Å². The Balaban J connectivity index is 3.47. The van der Waals surface area contributed by atoms with Crippen LogP contribution in [-0.4, -0.2) is 38.3 Å². The summed E-state index contributed by atoms with van der Waals surface area (Å²) in [6, 6.07) is 0.